The summed E-state index contributed by atoms with van der Waals surface area (Å²) in [6.45, 7) is 0.534. The molecule has 216 valence electrons. The van der Waals surface area contributed by atoms with E-state index in [1.165, 1.54) is 28.6 Å². The van der Waals surface area contributed by atoms with E-state index in [1.807, 2.05) is 0 Å². The van der Waals surface area contributed by atoms with Crippen LogP contribution in [-0.2, 0) is 10.0 Å². The zero-order valence-electron chi connectivity index (χ0n) is 20.8. The van der Waals surface area contributed by atoms with Gasteiger partial charge in [0.15, 0.2) is 0 Å². The average Bonchev–Trinajstić information content (AvgIpc) is 3.67. The summed E-state index contributed by atoms with van der Waals surface area (Å²) in [4.78, 5) is 0. The zero-order valence-corrected chi connectivity index (χ0v) is 22.3. The van der Waals surface area contributed by atoms with Gasteiger partial charge in [0.25, 0.3) is 5.60 Å². The van der Waals surface area contributed by atoms with E-state index in [1.54, 1.807) is 30.3 Å². The lowest BCUT2D eigenvalue weighted by Crippen LogP contribution is -2.62. The highest BCUT2D eigenvalue weighted by Gasteiger charge is 2.74. The number of nitrogens with zero attached hydrogens (tertiary/aromatic N) is 3. The SMILES string of the molecule is O=S(=O)(C1CC1)N1CC=C(c2ccc(N3N=C(C(O)(C(F)(F)F)C(F)(F)F)CC3c3ccccc3Cl)cc2)CC1. The molecule has 1 saturated carbocycles. The summed E-state index contributed by atoms with van der Waals surface area (Å²) in [6.07, 6.45) is -9.44. The van der Waals surface area contributed by atoms with Crippen molar-refractivity contribution in [2.45, 2.75) is 54.9 Å². The van der Waals surface area contributed by atoms with Crippen LogP contribution >= 0.6 is 11.6 Å². The van der Waals surface area contributed by atoms with Crippen molar-refractivity contribution >= 4 is 38.6 Å². The third-order valence-corrected chi connectivity index (χ3v) is 10.1. The highest BCUT2D eigenvalue weighted by atomic mass is 35.5. The predicted octanol–water partition coefficient (Wildman–Crippen LogP) is 6.08. The molecular formula is C26H24ClF6N3O3S. The number of anilines is 1. The molecule has 3 aliphatic rings. The van der Waals surface area contributed by atoms with Crippen molar-refractivity contribution in [1.29, 1.82) is 0 Å². The number of halogens is 7. The lowest BCUT2D eigenvalue weighted by Gasteiger charge is -2.32. The van der Waals surface area contributed by atoms with Crippen LogP contribution in [0, 0.1) is 0 Å². The summed E-state index contributed by atoms with van der Waals surface area (Å²) >= 11 is 6.25. The third kappa shape index (κ3) is 5.01. The number of benzene rings is 2. The number of sulfonamides is 1. The molecule has 0 amide bonds. The standard InChI is InChI=1S/C26H24ClF6N3O3S/c27-21-4-2-1-3-20(21)22-15-23(24(37,25(28,29)30)26(31,32)33)34-36(22)18-7-5-16(6-8-18)17-11-13-35(14-12-17)40(38,39)19-9-10-19/h1-8,11,19,22,37H,9-10,12-15H2. The van der Waals surface area contributed by atoms with Gasteiger partial charge in [0, 0.05) is 24.5 Å². The molecule has 0 saturated heterocycles. The summed E-state index contributed by atoms with van der Waals surface area (Å²) in [5, 5.41) is 14.5. The minimum Gasteiger partial charge on any atom is -0.369 e. The monoisotopic (exact) mass is 607 g/mol. The Balaban J connectivity index is 1.47. The number of aliphatic hydroxyl groups is 1. The van der Waals surface area contributed by atoms with Gasteiger partial charge in [-0.3, -0.25) is 5.01 Å². The lowest BCUT2D eigenvalue weighted by atomic mass is 9.90. The molecule has 1 unspecified atom stereocenters. The second-order valence-corrected chi connectivity index (χ2v) is 12.6. The van der Waals surface area contributed by atoms with Crippen molar-refractivity contribution in [3.8, 4) is 0 Å². The second-order valence-electron chi connectivity index (χ2n) is 9.97. The Morgan fingerprint density at radius 1 is 0.950 bits per heavy atom. The van der Waals surface area contributed by atoms with Gasteiger partial charge in [-0.15, -0.1) is 0 Å². The van der Waals surface area contributed by atoms with Gasteiger partial charge in [-0.25, -0.2) is 8.42 Å². The van der Waals surface area contributed by atoms with Crippen LogP contribution in [0.1, 0.15) is 42.9 Å². The smallest absolute Gasteiger partial charge is 0.369 e. The van der Waals surface area contributed by atoms with Crippen molar-refractivity contribution in [2.75, 3.05) is 18.1 Å². The molecule has 40 heavy (non-hydrogen) atoms. The van der Waals surface area contributed by atoms with E-state index in [0.29, 0.717) is 25.8 Å². The van der Waals surface area contributed by atoms with Crippen LogP contribution in [0.15, 0.2) is 59.7 Å². The van der Waals surface area contributed by atoms with E-state index < -0.39 is 46.2 Å². The average molecular weight is 608 g/mol. The number of hydrogen-bond acceptors (Lipinski definition) is 5. The van der Waals surface area contributed by atoms with Crippen molar-refractivity contribution in [1.82, 2.24) is 4.31 Å². The van der Waals surface area contributed by atoms with E-state index in [0.717, 1.165) is 16.1 Å². The number of hydrogen-bond donors (Lipinski definition) is 1. The zero-order chi connectivity index (χ0) is 29.1. The van der Waals surface area contributed by atoms with Gasteiger partial charge in [0.1, 0.15) is 0 Å². The molecule has 0 bridgehead atoms. The topological polar surface area (TPSA) is 73.2 Å². The molecule has 1 atom stereocenters. The quantitative estimate of drug-likeness (QED) is 0.404. The van der Waals surface area contributed by atoms with Crippen LogP contribution in [0.2, 0.25) is 5.02 Å². The fourth-order valence-electron chi connectivity index (χ4n) is 4.99. The van der Waals surface area contributed by atoms with Gasteiger partial charge in [0.2, 0.25) is 10.0 Å². The Morgan fingerprint density at radius 3 is 2.10 bits per heavy atom. The molecule has 0 spiro atoms. The summed E-state index contributed by atoms with van der Waals surface area (Å²) in [5.74, 6) is 0. The maximum absolute atomic E-state index is 13.7. The molecule has 0 aromatic heterocycles. The van der Waals surface area contributed by atoms with Crippen LogP contribution < -0.4 is 5.01 Å². The number of rotatable bonds is 6. The normalized spacial score (nSPS) is 21.4. The molecule has 2 aliphatic heterocycles. The fraction of sp³-hybridized carbons (Fsp3) is 0.423. The van der Waals surface area contributed by atoms with E-state index in [2.05, 4.69) is 5.10 Å². The van der Waals surface area contributed by atoms with Crippen LogP contribution in [0.25, 0.3) is 5.57 Å². The van der Waals surface area contributed by atoms with E-state index >= 15 is 0 Å². The van der Waals surface area contributed by atoms with Gasteiger partial charge in [-0.2, -0.15) is 35.7 Å². The summed E-state index contributed by atoms with van der Waals surface area (Å²) in [5.41, 5.74) is -4.62. The van der Waals surface area contributed by atoms with E-state index in [-0.39, 0.29) is 28.1 Å². The van der Waals surface area contributed by atoms with Gasteiger partial charge >= 0.3 is 12.4 Å². The van der Waals surface area contributed by atoms with Gasteiger partial charge in [-0.1, -0.05) is 48.0 Å². The lowest BCUT2D eigenvalue weighted by molar-refractivity contribution is -0.338. The first-order valence-electron chi connectivity index (χ1n) is 12.4. The molecule has 1 aliphatic carbocycles. The van der Waals surface area contributed by atoms with Gasteiger partial charge < -0.3 is 5.11 Å². The predicted molar refractivity (Wildman–Crippen MR) is 138 cm³/mol. The Morgan fingerprint density at radius 2 is 1.57 bits per heavy atom. The maximum Gasteiger partial charge on any atom is 0.431 e. The second kappa shape index (κ2) is 10.0. The van der Waals surface area contributed by atoms with E-state index in [4.69, 9.17) is 11.6 Å². The Bertz CT molecular complexity index is 1440. The molecule has 1 fully saturated rings. The molecule has 1 N–H and O–H groups in total. The molecule has 0 radical (unpaired) electrons. The van der Waals surface area contributed by atoms with Gasteiger partial charge in [-0.05, 0) is 54.2 Å². The molecule has 2 heterocycles. The van der Waals surface area contributed by atoms with Crippen LogP contribution in [0.3, 0.4) is 0 Å². The fourth-order valence-corrected chi connectivity index (χ4v) is 7.03. The first-order valence-corrected chi connectivity index (χ1v) is 14.3. The van der Waals surface area contributed by atoms with Crippen molar-refractivity contribution in [2.24, 2.45) is 5.10 Å². The van der Waals surface area contributed by atoms with Crippen molar-refractivity contribution in [3.63, 3.8) is 0 Å². The van der Waals surface area contributed by atoms with Gasteiger partial charge in [0.05, 0.1) is 22.7 Å². The number of alkyl halides is 6. The minimum absolute atomic E-state index is 0.117. The van der Waals surface area contributed by atoms with Crippen LogP contribution in [0.5, 0.6) is 0 Å². The van der Waals surface area contributed by atoms with Crippen molar-refractivity contribution in [3.05, 3.63) is 70.8 Å². The Hall–Kier alpha value is -2.61. The largest absolute Gasteiger partial charge is 0.431 e. The number of hydrazone groups is 1. The minimum atomic E-state index is -6.07. The molecule has 6 nitrogen and oxygen atoms in total. The summed E-state index contributed by atoms with van der Waals surface area (Å²) in [6, 6.07) is 11.2. The van der Waals surface area contributed by atoms with E-state index in [9.17, 15) is 39.9 Å². The van der Waals surface area contributed by atoms with Crippen LogP contribution in [-0.4, -0.2) is 59.8 Å². The molecule has 2 aromatic rings. The molecular weight excluding hydrogens is 584 g/mol. The third-order valence-electron chi connectivity index (χ3n) is 7.39. The maximum atomic E-state index is 13.7. The highest BCUT2D eigenvalue weighted by Crippen LogP contribution is 2.49. The molecule has 14 heteroatoms. The summed E-state index contributed by atoms with van der Waals surface area (Å²) < 4.78 is 108. The highest BCUT2D eigenvalue weighted by molar-refractivity contribution is 7.90. The first-order chi connectivity index (χ1) is 18.6. The van der Waals surface area contributed by atoms with Crippen LogP contribution in [0.4, 0.5) is 32.0 Å². The Kier molecular flexibility index (Phi) is 7.25. The summed E-state index contributed by atoms with van der Waals surface area (Å²) in [7, 11) is -3.31. The molecule has 2 aromatic carbocycles. The van der Waals surface area contributed by atoms with Crippen molar-refractivity contribution < 1.29 is 39.9 Å². The Labute approximate surface area is 231 Å². The molecule has 5 rings (SSSR count). The first kappa shape index (κ1) is 28.9.